The lowest BCUT2D eigenvalue weighted by atomic mass is 9.91. The van der Waals surface area contributed by atoms with Crippen molar-refractivity contribution >= 4 is 49.5 Å². The highest BCUT2D eigenvalue weighted by Crippen LogP contribution is 2.67. The molecule has 32 heavy (non-hydrogen) atoms. The standard InChI is InChI=1S/C23H23BrN6O2/c24-16-8-13-3-1-12(7-17(13)29-20(16)26)2-4-14-9-22(10-23(22,32)18(14)31)30-6-5-15-19(25)27-11-28-21(15)30/h1,3,5-8,11,14,18,31-32H,2,4,9-10H2,(H2,26,29)(H2,25,27,28)/t14-,18+,22-,23-/m0/s1. The maximum absolute atomic E-state index is 11.3. The molecule has 4 atom stereocenters. The molecule has 0 bridgehead atoms. The van der Waals surface area contributed by atoms with Gasteiger partial charge in [0, 0.05) is 18.0 Å². The molecule has 6 rings (SSSR count). The van der Waals surface area contributed by atoms with Crippen LogP contribution in [0.5, 0.6) is 0 Å². The van der Waals surface area contributed by atoms with E-state index < -0.39 is 17.2 Å². The van der Waals surface area contributed by atoms with Gasteiger partial charge in [0.25, 0.3) is 0 Å². The predicted molar refractivity (Wildman–Crippen MR) is 126 cm³/mol. The van der Waals surface area contributed by atoms with Crippen LogP contribution in [0.3, 0.4) is 0 Å². The van der Waals surface area contributed by atoms with Gasteiger partial charge in [-0.25, -0.2) is 15.0 Å². The van der Waals surface area contributed by atoms with Crippen LogP contribution in [0.15, 0.2) is 47.3 Å². The number of nitrogen functional groups attached to an aromatic ring is 2. The summed E-state index contributed by atoms with van der Waals surface area (Å²) in [5, 5.41) is 24.1. The summed E-state index contributed by atoms with van der Waals surface area (Å²) < 4.78 is 2.78. The number of nitrogens with zero attached hydrogens (tertiary/aromatic N) is 4. The maximum Gasteiger partial charge on any atom is 0.146 e. The van der Waals surface area contributed by atoms with Crippen LogP contribution >= 0.6 is 15.9 Å². The summed E-state index contributed by atoms with van der Waals surface area (Å²) in [6.07, 6.45) is 5.30. The molecule has 2 fully saturated rings. The molecule has 8 nitrogen and oxygen atoms in total. The van der Waals surface area contributed by atoms with E-state index in [0.29, 0.717) is 30.1 Å². The van der Waals surface area contributed by atoms with Crippen molar-refractivity contribution in [2.75, 3.05) is 11.5 Å². The number of halogens is 1. The third kappa shape index (κ3) is 2.65. The monoisotopic (exact) mass is 494 g/mol. The van der Waals surface area contributed by atoms with Crippen molar-refractivity contribution in [3.63, 3.8) is 0 Å². The molecule has 0 saturated heterocycles. The Morgan fingerprint density at radius 1 is 1.16 bits per heavy atom. The number of anilines is 2. The second-order valence-corrected chi connectivity index (χ2v) is 10.00. The van der Waals surface area contributed by atoms with Crippen molar-refractivity contribution < 1.29 is 10.2 Å². The number of rotatable bonds is 4. The van der Waals surface area contributed by atoms with Crippen LogP contribution in [0.25, 0.3) is 21.9 Å². The Morgan fingerprint density at radius 2 is 2.00 bits per heavy atom. The van der Waals surface area contributed by atoms with Crippen molar-refractivity contribution in [3.05, 3.63) is 52.9 Å². The fourth-order valence-corrected chi connectivity index (χ4v) is 5.98. The molecule has 0 radical (unpaired) electrons. The average molecular weight is 495 g/mol. The average Bonchev–Trinajstić information content (AvgIpc) is 3.05. The van der Waals surface area contributed by atoms with E-state index in [0.717, 1.165) is 39.2 Å². The largest absolute Gasteiger partial charge is 0.390 e. The summed E-state index contributed by atoms with van der Waals surface area (Å²) in [7, 11) is 0. The molecule has 2 saturated carbocycles. The molecule has 4 aromatic rings. The number of pyridine rings is 1. The molecule has 0 spiro atoms. The van der Waals surface area contributed by atoms with Gasteiger partial charge in [-0.2, -0.15) is 0 Å². The topological polar surface area (TPSA) is 136 Å². The summed E-state index contributed by atoms with van der Waals surface area (Å²) in [6.45, 7) is 0. The van der Waals surface area contributed by atoms with Gasteiger partial charge in [0.05, 0.1) is 27.0 Å². The molecule has 164 valence electrons. The minimum atomic E-state index is -1.14. The summed E-state index contributed by atoms with van der Waals surface area (Å²) >= 11 is 3.42. The van der Waals surface area contributed by atoms with E-state index >= 15 is 0 Å². The van der Waals surface area contributed by atoms with E-state index in [1.165, 1.54) is 6.33 Å². The Bertz CT molecular complexity index is 1390. The van der Waals surface area contributed by atoms with Crippen molar-refractivity contribution in [1.82, 2.24) is 19.5 Å². The summed E-state index contributed by atoms with van der Waals surface area (Å²) in [5.74, 6) is 0.861. The highest BCUT2D eigenvalue weighted by atomic mass is 79.9. The number of aryl methyl sites for hydroxylation is 1. The van der Waals surface area contributed by atoms with Crippen molar-refractivity contribution in [2.24, 2.45) is 5.92 Å². The molecule has 0 amide bonds. The van der Waals surface area contributed by atoms with E-state index in [9.17, 15) is 10.2 Å². The molecule has 6 N–H and O–H groups in total. The quantitative estimate of drug-likeness (QED) is 0.342. The Balaban J connectivity index is 1.25. The van der Waals surface area contributed by atoms with Gasteiger partial charge in [0.2, 0.25) is 0 Å². The Hall–Kier alpha value is -2.75. The van der Waals surface area contributed by atoms with E-state index in [4.69, 9.17) is 11.5 Å². The minimum absolute atomic E-state index is 0.0240. The van der Waals surface area contributed by atoms with Crippen molar-refractivity contribution in [2.45, 2.75) is 42.9 Å². The number of hydrogen-bond donors (Lipinski definition) is 4. The zero-order valence-corrected chi connectivity index (χ0v) is 18.8. The molecule has 2 aliphatic rings. The SMILES string of the molecule is Nc1nc2cc(CC[C@H]3C[C@]4(n5ccc6c(N)ncnc65)C[C@]4(O)[C@@H]3O)ccc2cc1Br. The lowest BCUT2D eigenvalue weighted by molar-refractivity contribution is -0.0206. The van der Waals surface area contributed by atoms with Crippen LogP contribution in [0.4, 0.5) is 11.6 Å². The number of fused-ring (bicyclic) bond motifs is 3. The van der Waals surface area contributed by atoms with Crippen LogP contribution in [0.2, 0.25) is 0 Å². The number of benzene rings is 1. The predicted octanol–water partition coefficient (Wildman–Crippen LogP) is 2.75. The van der Waals surface area contributed by atoms with Gasteiger partial charge >= 0.3 is 0 Å². The first-order chi connectivity index (χ1) is 15.3. The highest BCUT2D eigenvalue weighted by molar-refractivity contribution is 9.10. The van der Waals surface area contributed by atoms with E-state index in [2.05, 4.69) is 36.9 Å². The molecular formula is C23H23BrN6O2. The molecule has 0 aliphatic heterocycles. The molecule has 0 unspecified atom stereocenters. The second-order valence-electron chi connectivity index (χ2n) is 9.14. The van der Waals surface area contributed by atoms with Crippen LogP contribution in [-0.4, -0.2) is 41.4 Å². The van der Waals surface area contributed by atoms with Gasteiger partial charge in [-0.05, 0) is 64.9 Å². The minimum Gasteiger partial charge on any atom is -0.390 e. The fraction of sp³-hybridized carbons (Fsp3) is 0.348. The number of aromatic nitrogens is 4. The third-order valence-corrected chi connectivity index (χ3v) is 8.05. The van der Waals surface area contributed by atoms with Gasteiger partial charge in [-0.3, -0.25) is 0 Å². The summed E-state index contributed by atoms with van der Waals surface area (Å²) in [4.78, 5) is 12.9. The number of nitrogens with two attached hydrogens (primary N) is 2. The highest BCUT2D eigenvalue weighted by Gasteiger charge is 2.77. The van der Waals surface area contributed by atoms with E-state index in [1.807, 2.05) is 35.0 Å². The van der Waals surface area contributed by atoms with Crippen LogP contribution in [0.1, 0.15) is 24.8 Å². The van der Waals surface area contributed by atoms with Crippen LogP contribution in [0, 0.1) is 5.92 Å². The number of aliphatic hydroxyl groups is 2. The fourth-order valence-electron chi connectivity index (χ4n) is 5.64. The normalized spacial score (nSPS) is 29.0. The first-order valence-electron chi connectivity index (χ1n) is 10.7. The molecule has 3 aromatic heterocycles. The zero-order chi connectivity index (χ0) is 22.3. The molecular weight excluding hydrogens is 472 g/mol. The Kier molecular flexibility index (Phi) is 4.12. The van der Waals surface area contributed by atoms with E-state index in [1.54, 1.807) is 0 Å². The second kappa shape index (κ2) is 6.63. The van der Waals surface area contributed by atoms with Gasteiger partial charge in [-0.1, -0.05) is 12.1 Å². The third-order valence-electron chi connectivity index (χ3n) is 7.42. The van der Waals surface area contributed by atoms with Crippen molar-refractivity contribution in [1.29, 1.82) is 0 Å². The first-order valence-corrected chi connectivity index (χ1v) is 11.4. The van der Waals surface area contributed by atoms with Gasteiger partial charge in [0.1, 0.15) is 29.2 Å². The lowest BCUT2D eigenvalue weighted by Crippen LogP contribution is -2.33. The van der Waals surface area contributed by atoms with Crippen LogP contribution in [-0.2, 0) is 12.0 Å². The molecule has 3 heterocycles. The summed E-state index contributed by atoms with van der Waals surface area (Å²) in [5.41, 5.74) is 12.9. The van der Waals surface area contributed by atoms with Gasteiger partial charge < -0.3 is 26.2 Å². The molecule has 2 aliphatic carbocycles. The number of hydrogen-bond acceptors (Lipinski definition) is 7. The summed E-state index contributed by atoms with van der Waals surface area (Å²) in [6, 6.07) is 10.0. The zero-order valence-electron chi connectivity index (χ0n) is 17.2. The van der Waals surface area contributed by atoms with Crippen LogP contribution < -0.4 is 11.5 Å². The first kappa shape index (κ1) is 19.9. The molecule has 9 heteroatoms. The smallest absolute Gasteiger partial charge is 0.146 e. The van der Waals surface area contributed by atoms with Crippen molar-refractivity contribution in [3.8, 4) is 0 Å². The van der Waals surface area contributed by atoms with E-state index in [-0.39, 0.29) is 5.92 Å². The lowest BCUT2D eigenvalue weighted by Gasteiger charge is -2.20. The maximum atomic E-state index is 11.3. The van der Waals surface area contributed by atoms with Gasteiger partial charge in [0.15, 0.2) is 0 Å². The Morgan fingerprint density at radius 3 is 2.84 bits per heavy atom. The Labute approximate surface area is 192 Å². The number of aliphatic hydroxyl groups excluding tert-OH is 1. The van der Waals surface area contributed by atoms with Gasteiger partial charge in [-0.15, -0.1) is 0 Å². The molecule has 1 aromatic carbocycles.